The van der Waals surface area contributed by atoms with Crippen LogP contribution in [-0.4, -0.2) is 34.3 Å². The van der Waals surface area contributed by atoms with Crippen LogP contribution in [0.4, 0.5) is 15.2 Å². The molecule has 0 unspecified atom stereocenters. The third kappa shape index (κ3) is 4.87. The van der Waals surface area contributed by atoms with Gasteiger partial charge in [0.2, 0.25) is 5.91 Å². The van der Waals surface area contributed by atoms with Gasteiger partial charge in [-0.2, -0.15) is 0 Å². The zero-order chi connectivity index (χ0) is 20.1. The molecule has 4 rings (SSSR count). The Bertz CT molecular complexity index is 1040. The Morgan fingerprint density at radius 3 is 2.69 bits per heavy atom. The van der Waals surface area contributed by atoms with E-state index in [0.717, 1.165) is 11.3 Å². The highest BCUT2D eigenvalue weighted by Gasteiger charge is 2.21. The molecule has 9 heteroatoms. The number of carbonyl (C=O) groups excluding carboxylic acids is 1. The molecule has 0 fully saturated rings. The zero-order valence-electron chi connectivity index (χ0n) is 15.2. The Morgan fingerprint density at radius 2 is 1.97 bits per heavy atom. The van der Waals surface area contributed by atoms with Crippen LogP contribution in [0.1, 0.15) is 5.56 Å². The van der Waals surface area contributed by atoms with E-state index in [1.54, 1.807) is 23.7 Å². The lowest BCUT2D eigenvalue weighted by atomic mass is 10.2. The molecule has 0 spiro atoms. The highest BCUT2D eigenvalue weighted by atomic mass is 32.2. The summed E-state index contributed by atoms with van der Waals surface area (Å²) in [5.41, 5.74) is 1.66. The molecule has 1 amide bonds. The molecule has 0 bridgehead atoms. The number of halogens is 1. The number of rotatable bonds is 5. The summed E-state index contributed by atoms with van der Waals surface area (Å²) in [6.45, 7) is 0.329. The third-order valence-corrected chi connectivity index (χ3v) is 5.64. The molecular formula is C20H16FN5OS2. The van der Waals surface area contributed by atoms with Crippen molar-refractivity contribution in [1.82, 2.24) is 4.98 Å². The molecule has 0 aliphatic carbocycles. The first-order valence-corrected chi connectivity index (χ1v) is 10.6. The van der Waals surface area contributed by atoms with Gasteiger partial charge in [-0.15, -0.1) is 11.3 Å². The average Bonchev–Trinajstić information content (AvgIpc) is 3.26. The normalized spacial score (nSPS) is 13.6. The van der Waals surface area contributed by atoms with Gasteiger partial charge in [-0.3, -0.25) is 4.79 Å². The molecule has 6 nitrogen and oxygen atoms in total. The number of benzene rings is 2. The zero-order valence-corrected chi connectivity index (χ0v) is 16.8. The van der Waals surface area contributed by atoms with Crippen LogP contribution < -0.4 is 10.2 Å². The van der Waals surface area contributed by atoms with E-state index in [9.17, 15) is 9.18 Å². The van der Waals surface area contributed by atoms with Crippen LogP contribution in [0.3, 0.4) is 0 Å². The molecule has 29 heavy (non-hydrogen) atoms. The van der Waals surface area contributed by atoms with Crippen molar-refractivity contribution >= 4 is 50.8 Å². The van der Waals surface area contributed by atoms with Gasteiger partial charge in [0, 0.05) is 22.8 Å². The molecule has 3 aromatic rings. The second-order valence-electron chi connectivity index (χ2n) is 5.96. The van der Waals surface area contributed by atoms with Crippen LogP contribution in [0.25, 0.3) is 0 Å². The quantitative estimate of drug-likeness (QED) is 0.664. The summed E-state index contributed by atoms with van der Waals surface area (Å²) < 4.78 is 13.3. The van der Waals surface area contributed by atoms with Gasteiger partial charge in [-0.05, 0) is 24.3 Å². The standard InChI is InChI=1S/C20H16FN5OS2/c21-15-6-8-16(9-7-15)26-13-23-18(14-4-2-1-3-5-14)25-20(26)29-12-17(27)24-19-22-10-11-28-19/h1-11H,12-13H2,(H,22,24,27). The Labute approximate surface area is 175 Å². The monoisotopic (exact) mass is 425 g/mol. The van der Waals surface area contributed by atoms with Gasteiger partial charge in [-0.25, -0.2) is 19.4 Å². The molecular weight excluding hydrogens is 409 g/mol. The summed E-state index contributed by atoms with van der Waals surface area (Å²) in [4.78, 5) is 27.4. The van der Waals surface area contributed by atoms with Gasteiger partial charge < -0.3 is 10.2 Å². The second-order valence-corrected chi connectivity index (χ2v) is 7.80. The van der Waals surface area contributed by atoms with E-state index >= 15 is 0 Å². The van der Waals surface area contributed by atoms with Crippen LogP contribution in [-0.2, 0) is 4.79 Å². The van der Waals surface area contributed by atoms with Gasteiger partial charge in [0.25, 0.3) is 0 Å². The van der Waals surface area contributed by atoms with E-state index in [4.69, 9.17) is 0 Å². The minimum absolute atomic E-state index is 0.165. The van der Waals surface area contributed by atoms with Gasteiger partial charge in [-0.1, -0.05) is 42.1 Å². The fourth-order valence-electron chi connectivity index (χ4n) is 2.62. The van der Waals surface area contributed by atoms with E-state index in [1.807, 2.05) is 35.2 Å². The fraction of sp³-hybridized carbons (Fsp3) is 0.100. The summed E-state index contributed by atoms with van der Waals surface area (Å²) >= 11 is 2.66. The number of nitrogens with one attached hydrogen (secondary N) is 1. The maximum atomic E-state index is 13.3. The van der Waals surface area contributed by atoms with E-state index in [2.05, 4.69) is 20.3 Å². The SMILES string of the molecule is O=C(CSC1=NC(c2ccccc2)=NCN1c1ccc(F)cc1)Nc1nccs1. The third-order valence-electron chi connectivity index (χ3n) is 3.98. The Hall–Kier alpha value is -3.04. The number of aromatic nitrogens is 1. The summed E-state index contributed by atoms with van der Waals surface area (Å²) in [6, 6.07) is 15.8. The number of thiazole rings is 1. The first kappa shape index (κ1) is 19.3. The van der Waals surface area contributed by atoms with Crippen LogP contribution in [0, 0.1) is 5.82 Å². The molecule has 1 N–H and O–H groups in total. The first-order chi connectivity index (χ1) is 14.2. The molecule has 0 radical (unpaired) electrons. The van der Waals surface area contributed by atoms with Gasteiger partial charge in [0.15, 0.2) is 16.1 Å². The van der Waals surface area contributed by atoms with Gasteiger partial charge >= 0.3 is 0 Å². The minimum atomic E-state index is -0.312. The number of amidine groups is 2. The molecule has 1 aliphatic rings. The van der Waals surface area contributed by atoms with Crippen molar-refractivity contribution in [3.8, 4) is 0 Å². The predicted octanol–water partition coefficient (Wildman–Crippen LogP) is 4.23. The maximum Gasteiger partial charge on any atom is 0.236 e. The molecule has 2 aromatic carbocycles. The lowest BCUT2D eigenvalue weighted by Crippen LogP contribution is -2.34. The summed E-state index contributed by atoms with van der Waals surface area (Å²) in [5.74, 6) is 0.286. The van der Waals surface area contributed by atoms with E-state index < -0.39 is 0 Å². The number of hydrogen-bond donors (Lipinski definition) is 1. The van der Waals surface area contributed by atoms with Crippen molar-refractivity contribution in [2.75, 3.05) is 22.6 Å². The van der Waals surface area contributed by atoms with Crippen molar-refractivity contribution in [2.45, 2.75) is 0 Å². The molecule has 146 valence electrons. The molecule has 1 aliphatic heterocycles. The van der Waals surface area contributed by atoms with Crippen molar-refractivity contribution in [3.63, 3.8) is 0 Å². The Balaban J connectivity index is 1.54. The van der Waals surface area contributed by atoms with Crippen LogP contribution in [0.5, 0.6) is 0 Å². The smallest absolute Gasteiger partial charge is 0.236 e. The van der Waals surface area contributed by atoms with E-state index in [1.165, 1.54) is 35.2 Å². The van der Waals surface area contributed by atoms with Crippen molar-refractivity contribution in [3.05, 3.63) is 77.6 Å². The number of thioether (sulfide) groups is 1. The van der Waals surface area contributed by atoms with E-state index in [0.29, 0.717) is 22.8 Å². The Morgan fingerprint density at radius 1 is 1.17 bits per heavy atom. The largest absolute Gasteiger partial charge is 0.301 e. The van der Waals surface area contributed by atoms with Crippen molar-refractivity contribution in [2.24, 2.45) is 9.98 Å². The van der Waals surface area contributed by atoms with Crippen molar-refractivity contribution in [1.29, 1.82) is 0 Å². The summed E-state index contributed by atoms with van der Waals surface area (Å²) in [6.07, 6.45) is 1.64. The van der Waals surface area contributed by atoms with Crippen LogP contribution in [0.2, 0.25) is 0 Å². The highest BCUT2D eigenvalue weighted by molar-refractivity contribution is 8.14. The van der Waals surface area contributed by atoms with Crippen molar-refractivity contribution < 1.29 is 9.18 Å². The topological polar surface area (TPSA) is 70.0 Å². The first-order valence-electron chi connectivity index (χ1n) is 8.73. The van der Waals surface area contributed by atoms with Crippen LogP contribution >= 0.6 is 23.1 Å². The fourth-order valence-corrected chi connectivity index (χ4v) is 3.97. The number of aliphatic imine (C=N–C) groups is 2. The van der Waals surface area contributed by atoms with Gasteiger partial charge in [0.1, 0.15) is 12.5 Å². The highest BCUT2D eigenvalue weighted by Crippen LogP contribution is 2.24. The summed E-state index contributed by atoms with van der Waals surface area (Å²) in [5, 5.41) is 5.74. The molecule has 0 atom stereocenters. The predicted molar refractivity (Wildman–Crippen MR) is 117 cm³/mol. The lowest BCUT2D eigenvalue weighted by molar-refractivity contribution is -0.113. The average molecular weight is 426 g/mol. The Kier molecular flexibility index (Phi) is 5.97. The molecule has 1 aromatic heterocycles. The molecule has 2 heterocycles. The number of hydrogen-bond acceptors (Lipinski definition) is 7. The number of nitrogens with zero attached hydrogens (tertiary/aromatic N) is 4. The lowest BCUT2D eigenvalue weighted by Gasteiger charge is -2.27. The minimum Gasteiger partial charge on any atom is -0.301 e. The summed E-state index contributed by atoms with van der Waals surface area (Å²) in [7, 11) is 0. The molecule has 0 saturated carbocycles. The van der Waals surface area contributed by atoms with Crippen LogP contribution in [0.15, 0.2) is 76.2 Å². The number of anilines is 2. The number of carbonyl (C=O) groups is 1. The number of amides is 1. The second kappa shape index (κ2) is 8.97. The molecule has 0 saturated heterocycles. The maximum absolute atomic E-state index is 13.3. The van der Waals surface area contributed by atoms with Gasteiger partial charge in [0.05, 0.1) is 5.75 Å². The van der Waals surface area contributed by atoms with E-state index in [-0.39, 0.29) is 17.5 Å².